The van der Waals surface area contributed by atoms with E-state index in [-0.39, 0.29) is 50.8 Å². The fraction of sp³-hybridized carbons (Fsp3) is 0.360. The molecule has 0 fully saturated rings. The van der Waals surface area contributed by atoms with Crippen LogP contribution in [0.2, 0.25) is 15.1 Å². The molecule has 1 aromatic heterocycles. The average molecular weight is 605 g/mol. The molecule has 0 bridgehead atoms. The van der Waals surface area contributed by atoms with Crippen molar-refractivity contribution in [2.75, 3.05) is 20.1 Å². The standard InChI is InChI=1S/C25H28Cl3N3O4S2/c1-15(2)11-20(30-25(33)22-12-16-7-4-5-8-21(16)36-22)24(32)29-9-6-10-31(3)37(34,35)23-18(27)13-17(26)14-19(23)28/h4-5,7-8,12-15,20H,6,9-11H2,1-3H3,(H,29,32)(H,30,33)/t20-/m0/s1. The van der Waals surface area contributed by atoms with E-state index in [0.717, 1.165) is 14.4 Å². The van der Waals surface area contributed by atoms with Gasteiger partial charge in [-0.15, -0.1) is 11.3 Å². The summed E-state index contributed by atoms with van der Waals surface area (Å²) in [5.41, 5.74) is 0. The fourth-order valence-corrected chi connectivity index (χ4v) is 7.37. The van der Waals surface area contributed by atoms with Crippen LogP contribution in [-0.2, 0) is 14.8 Å². The predicted octanol–water partition coefficient (Wildman–Crippen LogP) is 5.83. The van der Waals surface area contributed by atoms with E-state index in [2.05, 4.69) is 10.6 Å². The topological polar surface area (TPSA) is 95.6 Å². The summed E-state index contributed by atoms with van der Waals surface area (Å²) in [6, 6.07) is 11.4. The number of hydrogen-bond acceptors (Lipinski definition) is 5. The van der Waals surface area contributed by atoms with Crippen LogP contribution in [0.5, 0.6) is 0 Å². The van der Waals surface area contributed by atoms with Crippen LogP contribution < -0.4 is 10.6 Å². The number of nitrogens with zero attached hydrogens (tertiary/aromatic N) is 1. The first-order valence-electron chi connectivity index (χ1n) is 11.6. The van der Waals surface area contributed by atoms with E-state index in [1.807, 2.05) is 44.2 Å². The first kappa shape index (κ1) is 29.7. The molecule has 0 spiro atoms. The minimum Gasteiger partial charge on any atom is -0.354 e. The van der Waals surface area contributed by atoms with Crippen LogP contribution in [0.1, 0.15) is 36.4 Å². The van der Waals surface area contributed by atoms with E-state index in [1.54, 1.807) is 0 Å². The number of carbonyl (C=O) groups excluding carboxylic acids is 2. The minimum atomic E-state index is -3.97. The molecule has 0 saturated heterocycles. The average Bonchev–Trinajstić information content (AvgIpc) is 3.24. The highest BCUT2D eigenvalue weighted by atomic mass is 35.5. The normalized spacial score (nSPS) is 12.8. The Morgan fingerprint density at radius 3 is 2.32 bits per heavy atom. The van der Waals surface area contributed by atoms with Crippen LogP contribution in [0.15, 0.2) is 47.4 Å². The van der Waals surface area contributed by atoms with Gasteiger partial charge in [0.05, 0.1) is 14.9 Å². The number of thiophene rings is 1. The molecule has 2 aromatic carbocycles. The first-order chi connectivity index (χ1) is 17.4. The van der Waals surface area contributed by atoms with Crippen LogP contribution >= 0.6 is 46.1 Å². The van der Waals surface area contributed by atoms with E-state index in [0.29, 0.717) is 17.7 Å². The molecule has 12 heteroatoms. The van der Waals surface area contributed by atoms with E-state index in [9.17, 15) is 18.0 Å². The van der Waals surface area contributed by atoms with E-state index >= 15 is 0 Å². The maximum absolute atomic E-state index is 12.9. The summed E-state index contributed by atoms with van der Waals surface area (Å²) >= 11 is 19.4. The molecule has 0 aliphatic rings. The zero-order valence-corrected chi connectivity index (χ0v) is 24.5. The van der Waals surface area contributed by atoms with Crippen molar-refractivity contribution in [2.24, 2.45) is 5.92 Å². The van der Waals surface area contributed by atoms with Crippen LogP contribution in [-0.4, -0.2) is 50.7 Å². The second-order valence-electron chi connectivity index (χ2n) is 8.97. The Labute approximate surface area is 236 Å². The molecule has 2 amide bonds. The summed E-state index contributed by atoms with van der Waals surface area (Å²) in [5, 5.41) is 6.73. The van der Waals surface area contributed by atoms with Gasteiger partial charge in [-0.2, -0.15) is 0 Å². The fourth-order valence-electron chi connectivity index (χ4n) is 3.71. The number of halogens is 3. The van der Waals surface area contributed by atoms with Gasteiger partial charge in [-0.3, -0.25) is 9.59 Å². The molecule has 1 heterocycles. The quantitative estimate of drug-likeness (QED) is 0.269. The smallest absolute Gasteiger partial charge is 0.262 e. The molecule has 1 atom stereocenters. The SMILES string of the molecule is CC(C)C[C@H](NC(=O)c1cc2ccccc2s1)C(=O)NCCCN(C)S(=O)(=O)c1c(Cl)cc(Cl)cc1Cl. The molecule has 200 valence electrons. The van der Waals surface area contributed by atoms with Gasteiger partial charge in [-0.1, -0.05) is 66.8 Å². The van der Waals surface area contributed by atoms with Crippen molar-refractivity contribution in [1.82, 2.24) is 14.9 Å². The molecule has 7 nitrogen and oxygen atoms in total. The van der Waals surface area contributed by atoms with Gasteiger partial charge in [0.25, 0.3) is 5.91 Å². The Morgan fingerprint density at radius 2 is 1.70 bits per heavy atom. The number of fused-ring (bicyclic) bond motifs is 1. The Kier molecular flexibility index (Phi) is 10.2. The molecule has 0 radical (unpaired) electrons. The maximum Gasteiger partial charge on any atom is 0.262 e. The third kappa shape index (κ3) is 7.59. The lowest BCUT2D eigenvalue weighted by atomic mass is 10.0. The van der Waals surface area contributed by atoms with Crippen molar-refractivity contribution < 1.29 is 18.0 Å². The number of hydrogen-bond donors (Lipinski definition) is 2. The summed E-state index contributed by atoms with van der Waals surface area (Å²) in [5.74, 6) is -0.453. The highest BCUT2D eigenvalue weighted by molar-refractivity contribution is 7.89. The number of rotatable bonds is 11. The number of nitrogens with one attached hydrogen (secondary N) is 2. The molecule has 37 heavy (non-hydrogen) atoms. The molecule has 0 saturated carbocycles. The zero-order chi connectivity index (χ0) is 27.3. The largest absolute Gasteiger partial charge is 0.354 e. The third-order valence-corrected chi connectivity index (χ3v) is 9.67. The van der Waals surface area contributed by atoms with Gasteiger partial charge in [-0.25, -0.2) is 12.7 Å². The summed E-state index contributed by atoms with van der Waals surface area (Å²) in [4.78, 5) is 26.1. The molecule has 0 aliphatic heterocycles. The van der Waals surface area contributed by atoms with Crippen LogP contribution in [0, 0.1) is 5.92 Å². The molecule has 2 N–H and O–H groups in total. The van der Waals surface area contributed by atoms with Gasteiger partial charge in [0, 0.05) is 29.9 Å². The lowest BCUT2D eigenvalue weighted by Gasteiger charge is -2.21. The second kappa shape index (κ2) is 12.8. The summed E-state index contributed by atoms with van der Waals surface area (Å²) in [7, 11) is -2.56. The lowest BCUT2D eigenvalue weighted by molar-refractivity contribution is -0.123. The Morgan fingerprint density at radius 1 is 1.05 bits per heavy atom. The minimum absolute atomic E-state index is 0.0661. The molecular weight excluding hydrogens is 577 g/mol. The van der Waals surface area contributed by atoms with Gasteiger partial charge >= 0.3 is 0 Å². The Hall–Kier alpha value is -1.88. The highest BCUT2D eigenvalue weighted by Gasteiger charge is 2.27. The maximum atomic E-state index is 12.9. The van der Waals surface area contributed by atoms with E-state index in [4.69, 9.17) is 34.8 Å². The monoisotopic (exact) mass is 603 g/mol. The van der Waals surface area contributed by atoms with Gasteiger partial charge in [-0.05, 0) is 48.4 Å². The van der Waals surface area contributed by atoms with E-state index in [1.165, 1.54) is 30.5 Å². The van der Waals surface area contributed by atoms with Crippen molar-refractivity contribution in [3.05, 3.63) is 62.4 Å². The summed E-state index contributed by atoms with van der Waals surface area (Å²) in [6.07, 6.45) is 0.799. The predicted molar refractivity (Wildman–Crippen MR) is 151 cm³/mol. The molecular formula is C25H28Cl3N3O4S2. The molecule has 0 aliphatic carbocycles. The Balaban J connectivity index is 1.58. The van der Waals surface area contributed by atoms with E-state index < -0.39 is 16.1 Å². The highest BCUT2D eigenvalue weighted by Crippen LogP contribution is 2.34. The van der Waals surface area contributed by atoms with Crippen LogP contribution in [0.4, 0.5) is 0 Å². The van der Waals surface area contributed by atoms with Crippen molar-refractivity contribution in [1.29, 1.82) is 0 Å². The molecule has 3 rings (SSSR count). The lowest BCUT2D eigenvalue weighted by Crippen LogP contribution is -2.47. The van der Waals surface area contributed by atoms with Crippen molar-refractivity contribution >= 4 is 78.1 Å². The number of carbonyl (C=O) groups is 2. The van der Waals surface area contributed by atoms with Gasteiger partial charge in [0.15, 0.2) is 0 Å². The first-order valence-corrected chi connectivity index (χ1v) is 15.0. The number of amides is 2. The molecule has 3 aromatic rings. The van der Waals surface area contributed by atoms with Crippen molar-refractivity contribution in [2.45, 2.75) is 37.6 Å². The van der Waals surface area contributed by atoms with Crippen molar-refractivity contribution in [3.8, 4) is 0 Å². The van der Waals surface area contributed by atoms with Gasteiger partial charge in [0.2, 0.25) is 15.9 Å². The molecule has 0 unspecified atom stereocenters. The van der Waals surface area contributed by atoms with Crippen molar-refractivity contribution in [3.63, 3.8) is 0 Å². The summed E-state index contributed by atoms with van der Waals surface area (Å²) < 4.78 is 28.0. The third-order valence-electron chi connectivity index (χ3n) is 5.56. The van der Waals surface area contributed by atoms with Crippen LogP contribution in [0.3, 0.4) is 0 Å². The second-order valence-corrected chi connectivity index (χ2v) is 13.3. The summed E-state index contributed by atoms with van der Waals surface area (Å²) in [6.45, 7) is 4.27. The van der Waals surface area contributed by atoms with Gasteiger partial charge < -0.3 is 10.6 Å². The number of sulfonamides is 1. The van der Waals surface area contributed by atoms with Gasteiger partial charge in [0.1, 0.15) is 10.9 Å². The zero-order valence-electron chi connectivity index (χ0n) is 20.6. The Bertz CT molecular complexity index is 1340. The number of benzene rings is 2. The van der Waals surface area contributed by atoms with Crippen LogP contribution in [0.25, 0.3) is 10.1 Å².